The van der Waals surface area contributed by atoms with Crippen molar-refractivity contribution in [2.75, 3.05) is 0 Å². The molecule has 0 bridgehead atoms. The van der Waals surface area contributed by atoms with Crippen LogP contribution in [-0.4, -0.2) is 19.6 Å². The van der Waals surface area contributed by atoms with E-state index in [0.29, 0.717) is 23.2 Å². The van der Waals surface area contributed by atoms with Gasteiger partial charge < -0.3 is 5.11 Å². The predicted molar refractivity (Wildman–Crippen MR) is 181 cm³/mol. The maximum absolute atomic E-state index is 11.1. The average Bonchev–Trinajstić information content (AvgIpc) is 3.43. The Balaban J connectivity index is 0.00000357. The maximum Gasteiger partial charge on any atom is 0.148 e. The minimum absolute atomic E-state index is 0. The molecule has 4 nitrogen and oxygen atoms in total. The number of rotatable bonds is 6. The van der Waals surface area contributed by atoms with Gasteiger partial charge in [-0.3, -0.25) is 9.55 Å². The normalized spacial score (nSPS) is 11.4. The van der Waals surface area contributed by atoms with E-state index < -0.39 is 0 Å². The van der Waals surface area contributed by atoms with Crippen LogP contribution < -0.4 is 0 Å². The van der Waals surface area contributed by atoms with Crippen LogP contribution >= 0.6 is 0 Å². The van der Waals surface area contributed by atoms with Crippen LogP contribution in [0.15, 0.2) is 115 Å². The summed E-state index contributed by atoms with van der Waals surface area (Å²) >= 11 is 0. The molecule has 0 aliphatic heterocycles. The number of fused-ring (bicyclic) bond motifs is 2. The number of para-hydroxylation sites is 4. The van der Waals surface area contributed by atoms with E-state index in [1.807, 2.05) is 36.4 Å². The Morgan fingerprint density at radius 3 is 2.02 bits per heavy atom. The summed E-state index contributed by atoms with van der Waals surface area (Å²) in [4.78, 5) is 10.2. The first kappa shape index (κ1) is 30.5. The van der Waals surface area contributed by atoms with Gasteiger partial charge in [-0.2, -0.15) is 0 Å². The third-order valence-corrected chi connectivity index (χ3v) is 8.36. The SMILES string of the molecule is CC(C)c1cccc(C(C)C)c1-n1c(-c2ccccc2O)nc2c(-c3[c-]c(-c4ccc5ccccc5n4)ccc3)cccc21.[Pt]. The van der Waals surface area contributed by atoms with Crippen LogP contribution in [0.1, 0.15) is 50.7 Å². The quantitative estimate of drug-likeness (QED) is 0.172. The molecule has 0 aliphatic carbocycles. The fraction of sp³-hybridized carbons (Fsp3) is 0.150. The van der Waals surface area contributed by atoms with E-state index in [0.717, 1.165) is 50.0 Å². The molecule has 2 heterocycles. The van der Waals surface area contributed by atoms with E-state index in [9.17, 15) is 5.11 Å². The fourth-order valence-corrected chi connectivity index (χ4v) is 6.15. The molecule has 7 rings (SSSR count). The zero-order valence-corrected chi connectivity index (χ0v) is 28.0. The number of hydrogen-bond acceptors (Lipinski definition) is 3. The number of aromatic nitrogens is 3. The molecule has 0 saturated carbocycles. The summed E-state index contributed by atoms with van der Waals surface area (Å²) in [5.74, 6) is 1.50. The van der Waals surface area contributed by atoms with Crippen LogP contribution in [0.4, 0.5) is 0 Å². The molecular formula is C40H34N3OPt-. The van der Waals surface area contributed by atoms with Crippen molar-refractivity contribution >= 4 is 21.9 Å². The zero-order valence-electron chi connectivity index (χ0n) is 25.7. The number of aromatic hydroxyl groups is 1. The molecule has 45 heavy (non-hydrogen) atoms. The second-order valence-electron chi connectivity index (χ2n) is 11.9. The summed E-state index contributed by atoms with van der Waals surface area (Å²) in [5, 5.41) is 12.2. The van der Waals surface area contributed by atoms with Gasteiger partial charge in [0.25, 0.3) is 0 Å². The smallest absolute Gasteiger partial charge is 0.148 e. The zero-order chi connectivity index (χ0) is 30.4. The Morgan fingerprint density at radius 2 is 1.27 bits per heavy atom. The Labute approximate surface area is 278 Å². The van der Waals surface area contributed by atoms with Gasteiger partial charge in [0.1, 0.15) is 11.6 Å². The van der Waals surface area contributed by atoms with E-state index in [4.69, 9.17) is 9.97 Å². The van der Waals surface area contributed by atoms with Crippen molar-refractivity contribution in [1.29, 1.82) is 0 Å². The van der Waals surface area contributed by atoms with Crippen LogP contribution in [-0.2, 0) is 21.1 Å². The first-order valence-corrected chi connectivity index (χ1v) is 15.2. The van der Waals surface area contributed by atoms with E-state index in [1.54, 1.807) is 6.07 Å². The first-order valence-electron chi connectivity index (χ1n) is 15.2. The van der Waals surface area contributed by atoms with Crippen molar-refractivity contribution in [3.8, 4) is 45.2 Å². The average molecular weight is 768 g/mol. The summed E-state index contributed by atoms with van der Waals surface area (Å²) in [7, 11) is 0. The summed E-state index contributed by atoms with van der Waals surface area (Å²) in [6, 6.07) is 42.5. The van der Waals surface area contributed by atoms with Gasteiger partial charge >= 0.3 is 0 Å². The summed E-state index contributed by atoms with van der Waals surface area (Å²) in [6.45, 7) is 8.92. The number of phenols is 1. The molecule has 1 N–H and O–H groups in total. The number of hydrogen-bond donors (Lipinski definition) is 1. The van der Waals surface area contributed by atoms with Gasteiger partial charge in [-0.05, 0) is 52.6 Å². The molecule has 0 atom stereocenters. The summed E-state index contributed by atoms with van der Waals surface area (Å²) in [5.41, 5.74) is 10.9. The molecule has 0 spiro atoms. The number of phenolic OH excluding ortho intramolecular Hbond substituents is 1. The molecule has 5 aromatic carbocycles. The Morgan fingerprint density at radius 1 is 0.622 bits per heavy atom. The second kappa shape index (κ2) is 12.5. The molecule has 0 saturated heterocycles. The molecule has 0 amide bonds. The number of benzene rings is 5. The monoisotopic (exact) mass is 767 g/mol. The minimum Gasteiger partial charge on any atom is -0.507 e. The predicted octanol–water partition coefficient (Wildman–Crippen LogP) is 10.3. The van der Waals surface area contributed by atoms with Crippen LogP contribution in [0.5, 0.6) is 5.75 Å². The topological polar surface area (TPSA) is 50.9 Å². The van der Waals surface area contributed by atoms with Gasteiger partial charge in [0.15, 0.2) is 0 Å². The third-order valence-electron chi connectivity index (χ3n) is 8.36. The second-order valence-corrected chi connectivity index (χ2v) is 11.9. The van der Waals surface area contributed by atoms with Crippen molar-refractivity contribution in [3.05, 3.63) is 132 Å². The molecule has 2 aromatic heterocycles. The third kappa shape index (κ3) is 5.49. The Hall–Kier alpha value is -4.53. The summed E-state index contributed by atoms with van der Waals surface area (Å²) < 4.78 is 2.26. The van der Waals surface area contributed by atoms with Gasteiger partial charge in [-0.25, -0.2) is 4.98 Å². The molecule has 5 heteroatoms. The van der Waals surface area contributed by atoms with Crippen molar-refractivity contribution in [2.24, 2.45) is 0 Å². The Bertz CT molecular complexity index is 2140. The molecular weight excluding hydrogens is 734 g/mol. The maximum atomic E-state index is 11.1. The number of imidazole rings is 1. The van der Waals surface area contributed by atoms with Crippen molar-refractivity contribution in [3.63, 3.8) is 0 Å². The van der Waals surface area contributed by atoms with Crippen molar-refractivity contribution in [2.45, 2.75) is 39.5 Å². The van der Waals surface area contributed by atoms with Gasteiger partial charge in [0, 0.05) is 26.8 Å². The van der Waals surface area contributed by atoms with Crippen molar-refractivity contribution < 1.29 is 26.2 Å². The Kier molecular flexibility index (Phi) is 8.44. The van der Waals surface area contributed by atoms with E-state index in [2.05, 4.69) is 111 Å². The van der Waals surface area contributed by atoms with Gasteiger partial charge in [0.05, 0.1) is 27.8 Å². The number of nitrogens with zero attached hydrogens (tertiary/aromatic N) is 3. The molecule has 7 aromatic rings. The van der Waals surface area contributed by atoms with E-state index in [1.165, 1.54) is 11.1 Å². The summed E-state index contributed by atoms with van der Waals surface area (Å²) in [6.07, 6.45) is 0. The van der Waals surface area contributed by atoms with Crippen LogP contribution in [0.2, 0.25) is 0 Å². The molecule has 226 valence electrons. The largest absolute Gasteiger partial charge is 0.507 e. The van der Waals surface area contributed by atoms with Gasteiger partial charge in [0.2, 0.25) is 0 Å². The standard InChI is InChI=1S/C40H34N3O.Pt/c1-25(2)30-16-10-17-31(26(3)4)39(30)43-36-20-11-18-32(38(36)42-40(43)33-15-6-8-21-37(33)44)28-13-9-14-29(24-28)35-23-22-27-12-5-7-19-34(27)41-35;/h5-23,25-26,44H,1-4H3;/q-1;. The number of pyridine rings is 1. The van der Waals surface area contributed by atoms with Gasteiger partial charge in [-0.15, -0.1) is 29.8 Å². The molecule has 0 unspecified atom stereocenters. The minimum atomic E-state index is 0. The van der Waals surface area contributed by atoms with Crippen molar-refractivity contribution in [1.82, 2.24) is 14.5 Å². The molecule has 0 aliphatic rings. The van der Waals surface area contributed by atoms with E-state index >= 15 is 0 Å². The fourth-order valence-electron chi connectivity index (χ4n) is 6.15. The van der Waals surface area contributed by atoms with E-state index in [-0.39, 0.29) is 26.8 Å². The molecule has 0 radical (unpaired) electrons. The first-order chi connectivity index (χ1) is 21.4. The van der Waals surface area contributed by atoms with Crippen LogP contribution in [0.25, 0.3) is 61.4 Å². The van der Waals surface area contributed by atoms with Gasteiger partial charge in [-0.1, -0.05) is 112 Å². The molecule has 0 fully saturated rings. The van der Waals surface area contributed by atoms with Crippen LogP contribution in [0, 0.1) is 6.07 Å². The van der Waals surface area contributed by atoms with Crippen LogP contribution in [0.3, 0.4) is 0 Å².